The van der Waals surface area contributed by atoms with Gasteiger partial charge in [-0.25, -0.2) is 23.9 Å². The summed E-state index contributed by atoms with van der Waals surface area (Å²) < 4.78 is 42.1. The molecule has 3 saturated heterocycles. The Bertz CT molecular complexity index is 2900. The molecule has 1 aliphatic carbocycles. The van der Waals surface area contributed by atoms with Gasteiger partial charge >= 0.3 is 12.2 Å². The van der Waals surface area contributed by atoms with Crippen molar-refractivity contribution < 1.29 is 37.7 Å². The molecule has 17 heteroatoms. The van der Waals surface area contributed by atoms with Crippen LogP contribution < -0.4 is 10.1 Å². The first-order valence-electron chi connectivity index (χ1n) is 23.9. The normalized spacial score (nSPS) is 22.2. The predicted molar refractivity (Wildman–Crippen MR) is 254 cm³/mol. The number of ether oxygens (including phenoxy) is 4. The van der Waals surface area contributed by atoms with Crippen LogP contribution in [0.3, 0.4) is 0 Å². The summed E-state index contributed by atoms with van der Waals surface area (Å²) >= 11 is 1.75. The molecule has 5 atom stereocenters. The number of likely N-dealkylation sites (tertiary alicyclic amines) is 2. The highest BCUT2D eigenvalue weighted by atomic mass is 32.1. The summed E-state index contributed by atoms with van der Waals surface area (Å²) in [5, 5.41) is 3.73. The van der Waals surface area contributed by atoms with E-state index in [-0.39, 0.29) is 35.9 Å². The topological polar surface area (TPSA) is 169 Å². The summed E-state index contributed by atoms with van der Waals surface area (Å²) in [5.74, 6) is 1.92. The molecule has 4 aliphatic heterocycles. The second-order valence-corrected chi connectivity index (χ2v) is 21.2. The number of aromatic amines is 2. The fraction of sp³-hybridized carbons (Fsp3) is 0.471. The lowest BCUT2D eigenvalue weighted by Crippen LogP contribution is -2.53. The fourth-order valence-electron chi connectivity index (χ4n) is 10.6. The van der Waals surface area contributed by atoms with Crippen molar-refractivity contribution in [1.29, 1.82) is 0 Å². The van der Waals surface area contributed by atoms with E-state index >= 15 is 4.39 Å². The maximum atomic E-state index is 16.9. The smallest absolute Gasteiger partial charge is 0.410 e. The third-order valence-corrected chi connectivity index (χ3v) is 15.4. The van der Waals surface area contributed by atoms with Crippen LogP contribution in [0.2, 0.25) is 0 Å². The summed E-state index contributed by atoms with van der Waals surface area (Å²) in [7, 11) is 1.30. The van der Waals surface area contributed by atoms with Gasteiger partial charge in [0, 0.05) is 47.7 Å². The number of hydrogen-bond donors (Lipinski definition) is 3. The van der Waals surface area contributed by atoms with Crippen LogP contribution in [0.4, 0.5) is 14.0 Å². The van der Waals surface area contributed by atoms with Gasteiger partial charge in [0.05, 0.1) is 64.6 Å². The molecule has 0 spiro atoms. The number of aromatic nitrogens is 5. The summed E-state index contributed by atoms with van der Waals surface area (Å²) in [6, 6.07) is 14.6. The Morgan fingerprint density at radius 3 is 2.37 bits per heavy atom. The molecule has 1 saturated carbocycles. The molecule has 4 fully saturated rings. The molecule has 0 radical (unpaired) electrons. The van der Waals surface area contributed by atoms with Crippen LogP contribution in [-0.2, 0) is 19.0 Å². The monoisotopic (exact) mass is 944 g/mol. The average molecular weight is 945 g/mol. The number of H-pyrrole nitrogens is 2. The Hall–Kier alpha value is -6.20. The van der Waals surface area contributed by atoms with E-state index in [1.54, 1.807) is 28.6 Å². The number of imidazole rings is 2. The molecule has 8 heterocycles. The van der Waals surface area contributed by atoms with Gasteiger partial charge in [0.2, 0.25) is 12.1 Å². The van der Waals surface area contributed by atoms with Crippen molar-refractivity contribution in [3.05, 3.63) is 88.1 Å². The standard InChI is InChI=1S/C51H57FN8O7S/c1-27-19-39(59(26-27)50(63)67-51(2,3)4)46-54-25-35(56-46)31-21-33(52)43-38-22-32-20-30(10-11-36(32)60(38)48(66-40(43)23-31)42-13-12-41(68-42)28-8-9-28)34-24-53-45(55-34)37-7-6-16-58(37)47(61)44(57-49(62)64-5)29-14-17-65-18-15-29/h10-13,20-25,27-29,37,39,44,48H,6-9,14-19,26H2,1-5H3,(H,53,55)(H,54,56)(H,57,62)/t27-,37+,39+,44+,48?/m1/s1. The number of methoxy groups -OCH3 is 1. The van der Waals surface area contributed by atoms with E-state index in [0.717, 1.165) is 46.3 Å². The largest absolute Gasteiger partial charge is 0.464 e. The average Bonchev–Trinajstić information content (AvgIpc) is 4.02. The Kier molecular flexibility index (Phi) is 11.3. The number of hydrogen-bond acceptors (Lipinski definition) is 10. The number of rotatable bonds is 9. The summed E-state index contributed by atoms with van der Waals surface area (Å²) in [6.45, 7) is 9.86. The van der Waals surface area contributed by atoms with Crippen molar-refractivity contribution in [2.24, 2.45) is 11.8 Å². The zero-order valence-corrected chi connectivity index (χ0v) is 39.8. The first-order valence-corrected chi connectivity index (χ1v) is 24.7. The fourth-order valence-corrected chi connectivity index (χ4v) is 11.8. The van der Waals surface area contributed by atoms with Gasteiger partial charge in [0.25, 0.3) is 0 Å². The van der Waals surface area contributed by atoms with Gasteiger partial charge in [-0.05, 0) is 126 Å². The lowest BCUT2D eigenvalue weighted by atomic mass is 9.90. The van der Waals surface area contributed by atoms with E-state index < -0.39 is 29.8 Å². The van der Waals surface area contributed by atoms with E-state index in [1.807, 2.05) is 43.9 Å². The second-order valence-electron chi connectivity index (χ2n) is 20.1. The van der Waals surface area contributed by atoms with Crippen LogP contribution >= 0.6 is 11.3 Å². The Balaban J connectivity index is 0.908. The number of nitrogens with zero attached hydrogens (tertiary/aromatic N) is 5. The van der Waals surface area contributed by atoms with Crippen LogP contribution in [0.25, 0.3) is 44.7 Å². The van der Waals surface area contributed by atoms with Crippen molar-refractivity contribution in [3.8, 4) is 39.5 Å². The Morgan fingerprint density at radius 1 is 0.897 bits per heavy atom. The molecule has 3 N–H and O–H groups in total. The van der Waals surface area contributed by atoms with Gasteiger partial charge in [0.1, 0.15) is 34.9 Å². The number of fused-ring (bicyclic) bond motifs is 5. The highest BCUT2D eigenvalue weighted by Gasteiger charge is 2.42. The van der Waals surface area contributed by atoms with Crippen molar-refractivity contribution in [1.82, 2.24) is 39.6 Å². The molecule has 0 bridgehead atoms. The molecule has 2 aromatic carbocycles. The van der Waals surface area contributed by atoms with Crippen molar-refractivity contribution in [2.45, 2.75) is 109 Å². The van der Waals surface area contributed by atoms with Crippen molar-refractivity contribution in [3.63, 3.8) is 0 Å². The molecule has 356 valence electrons. The summed E-state index contributed by atoms with van der Waals surface area (Å²) in [5.41, 5.74) is 4.22. The Labute approximate surface area is 397 Å². The third-order valence-electron chi connectivity index (χ3n) is 14.1. The number of benzene rings is 2. The van der Waals surface area contributed by atoms with E-state index in [1.165, 1.54) is 30.9 Å². The molecular formula is C51H57FN8O7S. The van der Waals surface area contributed by atoms with Crippen molar-refractivity contribution in [2.75, 3.05) is 33.4 Å². The van der Waals surface area contributed by atoms with Gasteiger partial charge in [-0.1, -0.05) is 13.0 Å². The summed E-state index contributed by atoms with van der Waals surface area (Å²) in [4.78, 5) is 62.3. The number of carbonyl (C=O) groups excluding carboxylic acids is 3. The van der Waals surface area contributed by atoms with E-state index in [9.17, 15) is 14.4 Å². The zero-order valence-electron chi connectivity index (χ0n) is 39.0. The van der Waals surface area contributed by atoms with Crippen LogP contribution in [0.15, 0.2) is 60.9 Å². The molecule has 4 aromatic heterocycles. The van der Waals surface area contributed by atoms with Gasteiger partial charge in [-0.15, -0.1) is 11.3 Å². The van der Waals surface area contributed by atoms with Gasteiger partial charge in [-0.3, -0.25) is 14.3 Å². The van der Waals surface area contributed by atoms with Gasteiger partial charge in [0.15, 0.2) is 0 Å². The van der Waals surface area contributed by atoms with Crippen LogP contribution in [-0.4, -0.2) is 97.5 Å². The minimum atomic E-state index is -0.726. The van der Waals surface area contributed by atoms with Gasteiger partial charge in [-0.2, -0.15) is 0 Å². The molecule has 5 aliphatic rings. The lowest BCUT2D eigenvalue weighted by molar-refractivity contribution is -0.136. The van der Waals surface area contributed by atoms with Gasteiger partial charge < -0.3 is 39.1 Å². The molecule has 6 aromatic rings. The molecule has 11 rings (SSSR count). The number of nitrogens with one attached hydrogen (secondary N) is 3. The first kappa shape index (κ1) is 44.3. The quantitative estimate of drug-likeness (QED) is 0.128. The van der Waals surface area contributed by atoms with E-state index in [4.69, 9.17) is 28.9 Å². The number of amides is 3. The highest BCUT2D eigenvalue weighted by molar-refractivity contribution is 7.12. The molecular weight excluding hydrogens is 888 g/mol. The molecule has 3 amide bonds. The maximum absolute atomic E-state index is 16.9. The third kappa shape index (κ3) is 8.30. The predicted octanol–water partition coefficient (Wildman–Crippen LogP) is 10.2. The SMILES string of the molecule is COC(=O)N[C@H](C(=O)N1CCC[C@H]1c1ncc(-c2ccc3c(c2)cc2n3C(c3ccc(C4CC4)s3)Oc3cc(-c4cnc([C@@H]5C[C@@H](C)CN5C(=O)OC(C)(C)C)[nH]4)cc(F)c3-2)[nH]1)C1CCOCC1. The maximum Gasteiger partial charge on any atom is 0.410 e. The number of thiophene rings is 1. The van der Waals surface area contributed by atoms with Crippen LogP contribution in [0.5, 0.6) is 5.75 Å². The number of alkyl carbamates (subject to hydrolysis) is 1. The van der Waals surface area contributed by atoms with E-state index in [2.05, 4.69) is 51.0 Å². The molecule has 1 unspecified atom stereocenters. The molecule has 15 nitrogen and oxygen atoms in total. The number of carbonyl (C=O) groups is 3. The van der Waals surface area contributed by atoms with Crippen molar-refractivity contribution >= 4 is 40.3 Å². The Morgan fingerprint density at radius 2 is 1.63 bits per heavy atom. The summed E-state index contributed by atoms with van der Waals surface area (Å²) in [6.07, 6.45) is 7.90. The number of halogens is 1. The lowest BCUT2D eigenvalue weighted by Gasteiger charge is -2.34. The van der Waals surface area contributed by atoms with Crippen LogP contribution in [0.1, 0.15) is 118 Å². The molecule has 68 heavy (non-hydrogen) atoms. The van der Waals surface area contributed by atoms with Crippen LogP contribution in [0, 0.1) is 17.7 Å². The highest BCUT2D eigenvalue weighted by Crippen LogP contribution is 2.50. The van der Waals surface area contributed by atoms with E-state index in [0.29, 0.717) is 85.0 Å². The minimum Gasteiger partial charge on any atom is -0.464 e. The minimum absolute atomic E-state index is 0.0633. The second kappa shape index (κ2) is 17.4. The first-order chi connectivity index (χ1) is 32.8. The zero-order chi connectivity index (χ0) is 47.0.